The summed E-state index contributed by atoms with van der Waals surface area (Å²) in [6.45, 7) is 10.2. The fraction of sp³-hybridized carbons (Fsp3) is 0.692. The van der Waals surface area contributed by atoms with Gasteiger partial charge in [0.05, 0.1) is 39.6 Å². The van der Waals surface area contributed by atoms with Gasteiger partial charge in [0.25, 0.3) is 0 Å². The van der Waals surface area contributed by atoms with Crippen molar-refractivity contribution in [2.45, 2.75) is 13.5 Å². The van der Waals surface area contributed by atoms with Crippen molar-refractivity contribution in [1.29, 1.82) is 0 Å². The Kier molecular flexibility index (Phi) is 26.9. The molecule has 1 fully saturated rings. The second kappa shape index (κ2) is 21.6. The zero-order valence-electron chi connectivity index (χ0n) is 10.5. The van der Waals surface area contributed by atoms with Gasteiger partial charge in [-0.15, -0.1) is 13.2 Å². The minimum atomic E-state index is 0. The Morgan fingerprint density at radius 1 is 1.22 bits per heavy atom. The first-order valence-corrected chi connectivity index (χ1v) is 5.39. The maximum atomic E-state index is 8.13. The van der Waals surface area contributed by atoms with Crippen molar-refractivity contribution in [3.8, 4) is 0 Å². The van der Waals surface area contributed by atoms with Crippen molar-refractivity contribution in [3.05, 3.63) is 25.3 Å². The molecule has 1 heterocycles. The molecule has 18 heavy (non-hydrogen) atoms. The van der Waals surface area contributed by atoms with Crippen LogP contribution in [0.25, 0.3) is 0 Å². The Bertz CT molecular complexity index is 157. The van der Waals surface area contributed by atoms with Crippen molar-refractivity contribution in [3.63, 3.8) is 0 Å². The standard InChI is InChI=1S/C6H10O2.C5H10O2.CH4O.CH4/c1-2-3-7-4-6-5-8-6;1-2-4-7-5-3-6;1-2;/h2,6H,1,3-5H2;2,6H,1,3-5H2;2H,1H3;1H4. The molecule has 0 aromatic heterocycles. The van der Waals surface area contributed by atoms with Crippen LogP contribution in [0.15, 0.2) is 25.3 Å². The Morgan fingerprint density at radius 2 is 1.72 bits per heavy atom. The molecule has 5 nitrogen and oxygen atoms in total. The summed E-state index contributed by atoms with van der Waals surface area (Å²) in [5.41, 5.74) is 0. The molecule has 1 unspecified atom stereocenters. The van der Waals surface area contributed by atoms with Crippen LogP contribution in [-0.2, 0) is 14.2 Å². The summed E-state index contributed by atoms with van der Waals surface area (Å²) in [4.78, 5) is 0. The van der Waals surface area contributed by atoms with E-state index in [4.69, 9.17) is 24.4 Å². The third-order valence-electron chi connectivity index (χ3n) is 1.41. The van der Waals surface area contributed by atoms with Gasteiger partial charge in [-0.2, -0.15) is 0 Å². The molecule has 1 rings (SSSR count). The fourth-order valence-corrected chi connectivity index (χ4v) is 0.678. The molecule has 110 valence electrons. The maximum absolute atomic E-state index is 8.13. The molecule has 0 aliphatic carbocycles. The van der Waals surface area contributed by atoms with Crippen LogP contribution in [0.1, 0.15) is 7.43 Å². The largest absolute Gasteiger partial charge is 0.400 e. The van der Waals surface area contributed by atoms with E-state index in [2.05, 4.69) is 13.2 Å². The van der Waals surface area contributed by atoms with Crippen LogP contribution in [0.2, 0.25) is 0 Å². The lowest BCUT2D eigenvalue weighted by Crippen LogP contribution is -2.00. The minimum Gasteiger partial charge on any atom is -0.400 e. The molecule has 0 radical (unpaired) electrons. The third kappa shape index (κ3) is 24.5. The lowest BCUT2D eigenvalue weighted by Gasteiger charge is -1.92. The number of aliphatic hydroxyl groups excluding tert-OH is 2. The Labute approximate surface area is 111 Å². The van der Waals surface area contributed by atoms with Gasteiger partial charge >= 0.3 is 0 Å². The lowest BCUT2D eigenvalue weighted by atomic mass is 10.5. The van der Waals surface area contributed by atoms with Crippen molar-refractivity contribution in [1.82, 2.24) is 0 Å². The molecular weight excluding hydrogens is 236 g/mol. The zero-order chi connectivity index (χ0) is 13.4. The first kappa shape index (κ1) is 22.5. The van der Waals surface area contributed by atoms with Crippen LogP contribution < -0.4 is 0 Å². The van der Waals surface area contributed by atoms with Crippen LogP contribution in [0.5, 0.6) is 0 Å². The molecule has 1 atom stereocenters. The van der Waals surface area contributed by atoms with E-state index >= 15 is 0 Å². The smallest absolute Gasteiger partial charge is 0.104 e. The Hall–Kier alpha value is -0.720. The molecule has 1 aliphatic rings. The van der Waals surface area contributed by atoms with Crippen LogP contribution in [0, 0.1) is 0 Å². The predicted molar refractivity (Wildman–Crippen MR) is 73.7 cm³/mol. The first-order valence-electron chi connectivity index (χ1n) is 5.39. The number of rotatable bonds is 8. The molecule has 1 aliphatic heterocycles. The van der Waals surface area contributed by atoms with Gasteiger partial charge in [-0.25, -0.2) is 0 Å². The normalized spacial score (nSPS) is 14.9. The van der Waals surface area contributed by atoms with E-state index in [1.165, 1.54) is 0 Å². The number of aliphatic hydroxyl groups is 2. The van der Waals surface area contributed by atoms with Crippen LogP contribution in [0.4, 0.5) is 0 Å². The van der Waals surface area contributed by atoms with Gasteiger partial charge in [0, 0.05) is 7.11 Å². The number of hydrogen-bond acceptors (Lipinski definition) is 5. The molecule has 0 spiro atoms. The average Bonchev–Trinajstić information content (AvgIpc) is 3.18. The van der Waals surface area contributed by atoms with Gasteiger partial charge in [0.1, 0.15) is 6.10 Å². The number of ether oxygens (including phenoxy) is 3. The molecule has 0 saturated carbocycles. The summed E-state index contributed by atoms with van der Waals surface area (Å²) < 4.78 is 14.7. The first-order chi connectivity index (χ1) is 8.35. The van der Waals surface area contributed by atoms with Crippen LogP contribution in [-0.4, -0.2) is 63.1 Å². The SMILES string of the molecule is C.C=CCOCC1CO1.C=CCOCCO.CO. The monoisotopic (exact) mass is 264 g/mol. The topological polar surface area (TPSA) is 71.5 Å². The van der Waals surface area contributed by atoms with Crippen molar-refractivity contribution in [2.24, 2.45) is 0 Å². The van der Waals surface area contributed by atoms with Gasteiger partial charge < -0.3 is 24.4 Å². The number of epoxide rings is 1. The summed E-state index contributed by atoms with van der Waals surface area (Å²) in [5.74, 6) is 0. The van der Waals surface area contributed by atoms with Crippen molar-refractivity contribution in [2.75, 3.05) is 46.8 Å². The van der Waals surface area contributed by atoms with E-state index in [0.717, 1.165) is 20.3 Å². The second-order valence-corrected chi connectivity index (χ2v) is 2.87. The minimum absolute atomic E-state index is 0. The molecule has 5 heteroatoms. The molecule has 2 N–H and O–H groups in total. The third-order valence-corrected chi connectivity index (χ3v) is 1.41. The van der Waals surface area contributed by atoms with Gasteiger partial charge in [-0.3, -0.25) is 0 Å². The van der Waals surface area contributed by atoms with Gasteiger partial charge in [-0.05, 0) is 0 Å². The second-order valence-electron chi connectivity index (χ2n) is 2.87. The lowest BCUT2D eigenvalue weighted by molar-refractivity contribution is 0.112. The highest BCUT2D eigenvalue weighted by Crippen LogP contribution is 2.07. The van der Waals surface area contributed by atoms with Crippen LogP contribution in [0.3, 0.4) is 0 Å². The highest BCUT2D eigenvalue weighted by atomic mass is 16.6. The highest BCUT2D eigenvalue weighted by molar-refractivity contribution is 4.70. The van der Waals surface area contributed by atoms with Crippen LogP contribution >= 0.6 is 0 Å². The van der Waals surface area contributed by atoms with E-state index in [9.17, 15) is 0 Å². The molecular formula is C13H28O5. The van der Waals surface area contributed by atoms with Crippen molar-refractivity contribution >= 4 is 0 Å². The van der Waals surface area contributed by atoms with Crippen molar-refractivity contribution < 1.29 is 24.4 Å². The predicted octanol–water partition coefficient (Wildman–Crippen LogP) is 1.01. The zero-order valence-corrected chi connectivity index (χ0v) is 10.5. The fourth-order valence-electron chi connectivity index (χ4n) is 0.678. The van der Waals surface area contributed by atoms with E-state index in [1.807, 2.05) is 0 Å². The molecule has 0 aromatic rings. The molecule has 1 saturated heterocycles. The van der Waals surface area contributed by atoms with E-state index in [-0.39, 0.29) is 14.0 Å². The molecule has 0 amide bonds. The highest BCUT2D eigenvalue weighted by Gasteiger charge is 2.21. The maximum Gasteiger partial charge on any atom is 0.104 e. The number of hydrogen-bond donors (Lipinski definition) is 2. The summed E-state index contributed by atoms with van der Waals surface area (Å²) in [6, 6.07) is 0. The summed E-state index contributed by atoms with van der Waals surface area (Å²) in [5, 5.41) is 15.1. The van der Waals surface area contributed by atoms with Gasteiger partial charge in [0.2, 0.25) is 0 Å². The van der Waals surface area contributed by atoms with E-state index in [1.54, 1.807) is 12.2 Å². The van der Waals surface area contributed by atoms with Gasteiger partial charge in [0.15, 0.2) is 0 Å². The van der Waals surface area contributed by atoms with E-state index in [0.29, 0.717) is 25.9 Å². The summed E-state index contributed by atoms with van der Waals surface area (Å²) in [7, 11) is 1.00. The van der Waals surface area contributed by atoms with Gasteiger partial charge in [-0.1, -0.05) is 19.6 Å². The molecule has 0 aromatic carbocycles. The Balaban J connectivity index is -0.000000211. The average molecular weight is 264 g/mol. The summed E-state index contributed by atoms with van der Waals surface area (Å²) >= 11 is 0. The quantitative estimate of drug-likeness (QED) is 0.389. The van der Waals surface area contributed by atoms with E-state index < -0.39 is 0 Å². The Morgan fingerprint density at radius 3 is 2.11 bits per heavy atom. The molecule has 0 bridgehead atoms. The summed E-state index contributed by atoms with van der Waals surface area (Å²) in [6.07, 6.45) is 3.77.